The van der Waals surface area contributed by atoms with E-state index in [1.54, 1.807) is 0 Å². The van der Waals surface area contributed by atoms with Gasteiger partial charge >= 0.3 is 0 Å². The van der Waals surface area contributed by atoms with Gasteiger partial charge in [0.1, 0.15) is 0 Å². The fourth-order valence-electron chi connectivity index (χ4n) is 2.20. The lowest BCUT2D eigenvalue weighted by atomic mass is 9.94. The van der Waals surface area contributed by atoms with Crippen molar-refractivity contribution in [2.24, 2.45) is 0 Å². The maximum absolute atomic E-state index is 6.28. The van der Waals surface area contributed by atoms with Crippen molar-refractivity contribution in [3.8, 4) is 0 Å². The predicted octanol–water partition coefficient (Wildman–Crippen LogP) is 3.54. The van der Waals surface area contributed by atoms with Crippen LogP contribution in [0.15, 0.2) is 18.2 Å². The Morgan fingerprint density at radius 2 is 2.20 bits per heavy atom. The van der Waals surface area contributed by atoms with Crippen molar-refractivity contribution >= 4 is 11.6 Å². The molecule has 1 aromatic carbocycles. The third-order valence-corrected chi connectivity index (χ3v) is 3.51. The summed E-state index contributed by atoms with van der Waals surface area (Å²) in [7, 11) is 0. The van der Waals surface area contributed by atoms with Crippen LogP contribution in [-0.2, 0) is 0 Å². The molecule has 1 aromatic rings. The molecule has 0 saturated carbocycles. The third kappa shape index (κ3) is 2.35. The molecule has 1 unspecified atom stereocenters. The minimum atomic E-state index is 0.508. The van der Waals surface area contributed by atoms with E-state index in [2.05, 4.69) is 37.4 Å². The highest BCUT2D eigenvalue weighted by molar-refractivity contribution is 6.31. The summed E-state index contributed by atoms with van der Waals surface area (Å²) >= 11 is 6.28. The van der Waals surface area contributed by atoms with Crippen LogP contribution in [0.1, 0.15) is 43.2 Å². The Hall–Kier alpha value is -0.530. The second-order valence-corrected chi connectivity index (χ2v) is 5.03. The maximum atomic E-state index is 6.28. The molecule has 2 heteroatoms. The first-order chi connectivity index (χ1) is 7.18. The van der Waals surface area contributed by atoms with Crippen molar-refractivity contribution in [3.63, 3.8) is 0 Å². The number of hydrogen-bond acceptors (Lipinski definition) is 1. The third-order valence-electron chi connectivity index (χ3n) is 3.18. The number of nitrogens with one attached hydrogen (secondary N) is 1. The van der Waals surface area contributed by atoms with Crippen LogP contribution >= 0.6 is 11.6 Å². The van der Waals surface area contributed by atoms with Crippen LogP contribution in [0.25, 0.3) is 0 Å². The molecule has 1 heterocycles. The molecule has 0 spiro atoms. The van der Waals surface area contributed by atoms with Crippen molar-refractivity contribution in [2.45, 2.75) is 32.1 Å². The van der Waals surface area contributed by atoms with Crippen molar-refractivity contribution in [3.05, 3.63) is 34.3 Å². The molecule has 1 atom stereocenters. The molecule has 1 fully saturated rings. The van der Waals surface area contributed by atoms with E-state index >= 15 is 0 Å². The fraction of sp³-hybridized carbons (Fsp3) is 0.538. The first kappa shape index (κ1) is 11.0. The molecular formula is C13H18ClN. The van der Waals surface area contributed by atoms with Gasteiger partial charge in [-0.3, -0.25) is 0 Å². The van der Waals surface area contributed by atoms with Gasteiger partial charge < -0.3 is 5.32 Å². The molecule has 0 radical (unpaired) electrons. The Kier molecular flexibility index (Phi) is 3.32. The minimum absolute atomic E-state index is 0.508. The SMILES string of the molecule is CC(C)c1ccc(C2CCNC2)cc1Cl. The molecule has 1 saturated heterocycles. The van der Waals surface area contributed by atoms with E-state index in [0.29, 0.717) is 11.8 Å². The van der Waals surface area contributed by atoms with Gasteiger partial charge in [0, 0.05) is 11.6 Å². The number of halogens is 1. The number of benzene rings is 1. The molecule has 0 aromatic heterocycles. The molecule has 1 nitrogen and oxygen atoms in total. The molecule has 0 bridgehead atoms. The minimum Gasteiger partial charge on any atom is -0.316 e. The summed E-state index contributed by atoms with van der Waals surface area (Å²) in [5.41, 5.74) is 2.64. The van der Waals surface area contributed by atoms with Gasteiger partial charge in [-0.05, 0) is 42.0 Å². The van der Waals surface area contributed by atoms with E-state index in [9.17, 15) is 0 Å². The van der Waals surface area contributed by atoms with E-state index in [1.807, 2.05) is 0 Å². The van der Waals surface area contributed by atoms with E-state index in [4.69, 9.17) is 11.6 Å². The molecule has 2 rings (SSSR count). The second kappa shape index (κ2) is 4.54. The highest BCUT2D eigenvalue weighted by Gasteiger charge is 2.17. The van der Waals surface area contributed by atoms with Gasteiger partial charge in [0.2, 0.25) is 0 Å². The molecule has 82 valence electrons. The summed E-state index contributed by atoms with van der Waals surface area (Å²) < 4.78 is 0. The maximum Gasteiger partial charge on any atom is 0.0443 e. The highest BCUT2D eigenvalue weighted by Crippen LogP contribution is 2.30. The van der Waals surface area contributed by atoms with Gasteiger partial charge in [-0.15, -0.1) is 0 Å². The summed E-state index contributed by atoms with van der Waals surface area (Å²) in [5.74, 6) is 1.16. The molecule has 1 aliphatic heterocycles. The monoisotopic (exact) mass is 223 g/mol. The summed E-state index contributed by atoms with van der Waals surface area (Å²) in [6.07, 6.45) is 1.23. The van der Waals surface area contributed by atoms with Crippen LogP contribution in [0.4, 0.5) is 0 Å². The van der Waals surface area contributed by atoms with E-state index in [-0.39, 0.29) is 0 Å². The highest BCUT2D eigenvalue weighted by atomic mass is 35.5. The van der Waals surface area contributed by atoms with E-state index < -0.39 is 0 Å². The summed E-state index contributed by atoms with van der Waals surface area (Å²) in [5, 5.41) is 4.31. The van der Waals surface area contributed by atoms with Gasteiger partial charge in [0.15, 0.2) is 0 Å². The number of rotatable bonds is 2. The van der Waals surface area contributed by atoms with Crippen molar-refractivity contribution in [2.75, 3.05) is 13.1 Å². The molecule has 0 aliphatic carbocycles. The Morgan fingerprint density at radius 3 is 2.73 bits per heavy atom. The smallest absolute Gasteiger partial charge is 0.0443 e. The first-order valence-corrected chi connectivity index (χ1v) is 6.06. The molecule has 1 N–H and O–H groups in total. The Morgan fingerprint density at radius 1 is 1.40 bits per heavy atom. The van der Waals surface area contributed by atoms with Crippen molar-refractivity contribution < 1.29 is 0 Å². The molecular weight excluding hydrogens is 206 g/mol. The zero-order valence-electron chi connectivity index (χ0n) is 9.39. The van der Waals surface area contributed by atoms with Gasteiger partial charge in [-0.2, -0.15) is 0 Å². The van der Waals surface area contributed by atoms with Gasteiger partial charge in [-0.1, -0.05) is 37.6 Å². The summed E-state index contributed by atoms with van der Waals surface area (Å²) in [4.78, 5) is 0. The Balaban J connectivity index is 2.24. The predicted molar refractivity (Wildman–Crippen MR) is 65.8 cm³/mol. The van der Waals surface area contributed by atoms with Crippen LogP contribution in [0.5, 0.6) is 0 Å². The van der Waals surface area contributed by atoms with Crippen LogP contribution in [0.3, 0.4) is 0 Å². The lowest BCUT2D eigenvalue weighted by Gasteiger charge is -2.13. The lowest BCUT2D eigenvalue weighted by molar-refractivity contribution is 0.761. The largest absolute Gasteiger partial charge is 0.316 e. The van der Waals surface area contributed by atoms with Crippen molar-refractivity contribution in [1.82, 2.24) is 5.32 Å². The van der Waals surface area contributed by atoms with E-state index in [0.717, 1.165) is 18.1 Å². The zero-order chi connectivity index (χ0) is 10.8. The zero-order valence-corrected chi connectivity index (χ0v) is 10.1. The molecule has 1 aliphatic rings. The van der Waals surface area contributed by atoms with Gasteiger partial charge in [0.05, 0.1) is 0 Å². The normalized spacial score (nSPS) is 21.2. The Labute approximate surface area is 96.8 Å². The summed E-state index contributed by atoms with van der Waals surface area (Å²) in [6.45, 7) is 6.58. The van der Waals surface area contributed by atoms with Crippen LogP contribution in [-0.4, -0.2) is 13.1 Å². The number of hydrogen-bond donors (Lipinski definition) is 1. The summed E-state index contributed by atoms with van der Waals surface area (Å²) in [6, 6.07) is 6.56. The van der Waals surface area contributed by atoms with Crippen LogP contribution < -0.4 is 5.32 Å². The molecule has 15 heavy (non-hydrogen) atoms. The fourth-order valence-corrected chi connectivity index (χ4v) is 2.61. The quantitative estimate of drug-likeness (QED) is 0.809. The van der Waals surface area contributed by atoms with Crippen LogP contribution in [0.2, 0.25) is 5.02 Å². The van der Waals surface area contributed by atoms with Crippen molar-refractivity contribution in [1.29, 1.82) is 0 Å². The van der Waals surface area contributed by atoms with Crippen LogP contribution in [0, 0.1) is 0 Å². The lowest BCUT2D eigenvalue weighted by Crippen LogP contribution is -2.08. The topological polar surface area (TPSA) is 12.0 Å². The average molecular weight is 224 g/mol. The Bertz CT molecular complexity index is 340. The first-order valence-electron chi connectivity index (χ1n) is 5.68. The van der Waals surface area contributed by atoms with Gasteiger partial charge in [-0.25, -0.2) is 0 Å². The second-order valence-electron chi connectivity index (χ2n) is 4.63. The van der Waals surface area contributed by atoms with Gasteiger partial charge in [0.25, 0.3) is 0 Å². The molecule has 0 amide bonds. The average Bonchev–Trinajstić information content (AvgIpc) is 2.69. The van der Waals surface area contributed by atoms with E-state index in [1.165, 1.54) is 17.5 Å². The standard InChI is InChI=1S/C13H18ClN/c1-9(2)12-4-3-10(7-13(12)14)11-5-6-15-8-11/h3-4,7,9,11,15H,5-6,8H2,1-2H3.